The van der Waals surface area contributed by atoms with Crippen LogP contribution in [0.25, 0.3) is 0 Å². The van der Waals surface area contributed by atoms with Gasteiger partial charge in [0.2, 0.25) is 0 Å². The first-order valence-electron chi connectivity index (χ1n) is 4.16. The molecule has 1 aromatic rings. The first-order valence-corrected chi connectivity index (χ1v) is 4.16. The lowest BCUT2D eigenvalue weighted by Gasteiger charge is -2.10. The minimum Gasteiger partial charge on any atom is -0.299 e. The van der Waals surface area contributed by atoms with Gasteiger partial charge in [0.15, 0.2) is 0 Å². The maximum atomic E-state index is 11.2. The molecule has 0 fully saturated rings. The van der Waals surface area contributed by atoms with E-state index < -0.39 is 0 Å². The van der Waals surface area contributed by atoms with Crippen LogP contribution in [0.5, 0.6) is 0 Å². The van der Waals surface area contributed by atoms with Crippen LogP contribution in [0.3, 0.4) is 0 Å². The summed E-state index contributed by atoms with van der Waals surface area (Å²) in [7, 11) is 0. The standard InChI is InChI=1S/C10H13NO/c1-3-10(8(2)12)9-4-6-11-7-5-9/h4-7,10H,3H2,1-2H3. The van der Waals surface area contributed by atoms with E-state index in [0.717, 1.165) is 12.0 Å². The van der Waals surface area contributed by atoms with Crippen LogP contribution in [0.1, 0.15) is 31.7 Å². The molecular formula is C10H13NO. The predicted octanol–water partition coefficient (Wildman–Crippen LogP) is 2.16. The van der Waals surface area contributed by atoms with Crippen LogP contribution in [0.4, 0.5) is 0 Å². The van der Waals surface area contributed by atoms with Gasteiger partial charge >= 0.3 is 0 Å². The molecule has 0 saturated carbocycles. The monoisotopic (exact) mass is 163 g/mol. The number of nitrogens with zero attached hydrogens (tertiary/aromatic N) is 1. The lowest BCUT2D eigenvalue weighted by atomic mass is 9.94. The molecule has 1 heterocycles. The molecule has 0 aliphatic carbocycles. The van der Waals surface area contributed by atoms with E-state index in [1.54, 1.807) is 19.3 Å². The highest BCUT2D eigenvalue weighted by molar-refractivity contribution is 5.83. The average Bonchev–Trinajstić information content (AvgIpc) is 2.07. The molecule has 0 aliphatic rings. The summed E-state index contributed by atoms with van der Waals surface area (Å²) < 4.78 is 0. The maximum absolute atomic E-state index is 11.2. The first-order chi connectivity index (χ1) is 5.75. The zero-order valence-corrected chi connectivity index (χ0v) is 7.45. The first kappa shape index (κ1) is 8.91. The van der Waals surface area contributed by atoms with Gasteiger partial charge in [-0.05, 0) is 31.0 Å². The molecule has 0 radical (unpaired) electrons. The number of hydrogen-bond acceptors (Lipinski definition) is 2. The number of Topliss-reactive ketones (excluding diaryl/α,β-unsaturated/α-hetero) is 1. The maximum Gasteiger partial charge on any atom is 0.137 e. The second-order valence-corrected chi connectivity index (χ2v) is 2.85. The van der Waals surface area contributed by atoms with Crippen LogP contribution >= 0.6 is 0 Å². The van der Waals surface area contributed by atoms with Crippen molar-refractivity contribution in [3.63, 3.8) is 0 Å². The molecule has 12 heavy (non-hydrogen) atoms. The molecule has 0 saturated heterocycles. The largest absolute Gasteiger partial charge is 0.299 e. The van der Waals surface area contributed by atoms with E-state index >= 15 is 0 Å². The molecule has 64 valence electrons. The topological polar surface area (TPSA) is 30.0 Å². The molecule has 0 N–H and O–H groups in total. The van der Waals surface area contributed by atoms with Crippen molar-refractivity contribution in [1.29, 1.82) is 0 Å². The zero-order valence-electron chi connectivity index (χ0n) is 7.45. The third-order valence-electron chi connectivity index (χ3n) is 2.01. The Labute approximate surface area is 72.6 Å². The molecule has 0 amide bonds. The van der Waals surface area contributed by atoms with Gasteiger partial charge in [-0.3, -0.25) is 9.78 Å². The van der Waals surface area contributed by atoms with Crippen molar-refractivity contribution in [1.82, 2.24) is 4.98 Å². The fourth-order valence-electron chi connectivity index (χ4n) is 1.35. The van der Waals surface area contributed by atoms with Crippen molar-refractivity contribution < 1.29 is 4.79 Å². The predicted molar refractivity (Wildman–Crippen MR) is 48.0 cm³/mol. The van der Waals surface area contributed by atoms with Crippen molar-refractivity contribution >= 4 is 5.78 Å². The highest BCUT2D eigenvalue weighted by atomic mass is 16.1. The summed E-state index contributed by atoms with van der Waals surface area (Å²) >= 11 is 0. The van der Waals surface area contributed by atoms with E-state index in [-0.39, 0.29) is 11.7 Å². The zero-order chi connectivity index (χ0) is 8.97. The fraction of sp³-hybridized carbons (Fsp3) is 0.400. The van der Waals surface area contributed by atoms with E-state index in [2.05, 4.69) is 4.98 Å². The van der Waals surface area contributed by atoms with Crippen LogP contribution in [-0.2, 0) is 4.79 Å². The van der Waals surface area contributed by atoms with Crippen LogP contribution in [0.15, 0.2) is 24.5 Å². The second kappa shape index (κ2) is 4.00. The van der Waals surface area contributed by atoms with Gasteiger partial charge in [0.25, 0.3) is 0 Å². The van der Waals surface area contributed by atoms with E-state index in [9.17, 15) is 4.79 Å². The van der Waals surface area contributed by atoms with Gasteiger partial charge in [0, 0.05) is 18.3 Å². The summed E-state index contributed by atoms with van der Waals surface area (Å²) in [6, 6.07) is 3.80. The van der Waals surface area contributed by atoms with Crippen LogP contribution < -0.4 is 0 Å². The quantitative estimate of drug-likeness (QED) is 0.683. The summed E-state index contributed by atoms with van der Waals surface area (Å²) in [5, 5.41) is 0. The molecule has 1 unspecified atom stereocenters. The molecule has 1 aromatic heterocycles. The van der Waals surface area contributed by atoms with Gasteiger partial charge in [-0.15, -0.1) is 0 Å². The number of hydrogen-bond donors (Lipinski definition) is 0. The molecule has 1 atom stereocenters. The van der Waals surface area contributed by atoms with E-state index in [1.807, 2.05) is 19.1 Å². The Hall–Kier alpha value is -1.18. The Morgan fingerprint density at radius 3 is 2.50 bits per heavy atom. The van der Waals surface area contributed by atoms with Gasteiger partial charge in [0.05, 0.1) is 0 Å². The molecule has 0 bridgehead atoms. The highest BCUT2D eigenvalue weighted by Crippen LogP contribution is 2.18. The van der Waals surface area contributed by atoms with Crippen LogP contribution in [0, 0.1) is 0 Å². The highest BCUT2D eigenvalue weighted by Gasteiger charge is 2.12. The second-order valence-electron chi connectivity index (χ2n) is 2.85. The molecule has 0 aromatic carbocycles. The minimum atomic E-state index is 0.0491. The number of ketones is 1. The van der Waals surface area contributed by atoms with Crippen molar-refractivity contribution in [3.8, 4) is 0 Å². The molecule has 0 spiro atoms. The van der Waals surface area contributed by atoms with Crippen molar-refractivity contribution in [2.75, 3.05) is 0 Å². The van der Waals surface area contributed by atoms with Crippen LogP contribution in [0.2, 0.25) is 0 Å². The fourth-order valence-corrected chi connectivity index (χ4v) is 1.35. The van der Waals surface area contributed by atoms with Gasteiger partial charge in [-0.25, -0.2) is 0 Å². The summed E-state index contributed by atoms with van der Waals surface area (Å²) in [6.45, 7) is 3.65. The van der Waals surface area contributed by atoms with Gasteiger partial charge in [0.1, 0.15) is 5.78 Å². The summed E-state index contributed by atoms with van der Waals surface area (Å²) in [5.74, 6) is 0.275. The Balaban J connectivity index is 2.88. The SMILES string of the molecule is CCC(C(C)=O)c1ccncc1. The lowest BCUT2D eigenvalue weighted by Crippen LogP contribution is -2.07. The van der Waals surface area contributed by atoms with Crippen molar-refractivity contribution in [2.45, 2.75) is 26.2 Å². The van der Waals surface area contributed by atoms with E-state index in [4.69, 9.17) is 0 Å². The summed E-state index contributed by atoms with van der Waals surface area (Å²) in [6.07, 6.45) is 4.31. The Morgan fingerprint density at radius 1 is 1.50 bits per heavy atom. The summed E-state index contributed by atoms with van der Waals surface area (Å²) in [4.78, 5) is 15.1. The lowest BCUT2D eigenvalue weighted by molar-refractivity contribution is -0.118. The molecular weight excluding hydrogens is 150 g/mol. The third kappa shape index (κ3) is 1.91. The average molecular weight is 163 g/mol. The Kier molecular flexibility index (Phi) is 2.97. The Bertz CT molecular complexity index is 256. The number of aromatic nitrogens is 1. The van der Waals surface area contributed by atoms with E-state index in [0.29, 0.717) is 0 Å². The third-order valence-corrected chi connectivity index (χ3v) is 2.01. The molecule has 2 heteroatoms. The Morgan fingerprint density at radius 2 is 2.08 bits per heavy atom. The van der Waals surface area contributed by atoms with Gasteiger partial charge < -0.3 is 0 Å². The normalized spacial score (nSPS) is 12.5. The number of rotatable bonds is 3. The van der Waals surface area contributed by atoms with Gasteiger partial charge in [-0.2, -0.15) is 0 Å². The summed E-state index contributed by atoms with van der Waals surface area (Å²) in [5.41, 5.74) is 1.07. The smallest absolute Gasteiger partial charge is 0.137 e. The van der Waals surface area contributed by atoms with Crippen molar-refractivity contribution in [2.24, 2.45) is 0 Å². The number of pyridine rings is 1. The van der Waals surface area contributed by atoms with Gasteiger partial charge in [-0.1, -0.05) is 6.92 Å². The number of carbonyl (C=O) groups excluding carboxylic acids is 1. The van der Waals surface area contributed by atoms with Crippen LogP contribution in [-0.4, -0.2) is 10.8 Å². The van der Waals surface area contributed by atoms with E-state index in [1.165, 1.54) is 0 Å². The van der Waals surface area contributed by atoms with Crippen molar-refractivity contribution in [3.05, 3.63) is 30.1 Å². The molecule has 1 rings (SSSR count). The molecule has 2 nitrogen and oxygen atoms in total. The number of carbonyl (C=O) groups is 1. The minimum absolute atomic E-state index is 0.0491. The molecule has 0 aliphatic heterocycles.